The zero-order valence-corrected chi connectivity index (χ0v) is 17.9. The Morgan fingerprint density at radius 2 is 1.93 bits per heavy atom. The average molecular weight is 432 g/mol. The predicted molar refractivity (Wildman–Crippen MR) is 116 cm³/mol. The van der Waals surface area contributed by atoms with Gasteiger partial charge in [-0.1, -0.05) is 49.2 Å². The van der Waals surface area contributed by atoms with Gasteiger partial charge in [0, 0.05) is 5.02 Å². The van der Waals surface area contributed by atoms with Crippen LogP contribution < -0.4 is 9.47 Å². The summed E-state index contributed by atoms with van der Waals surface area (Å²) in [5.74, 6) is 0.914. The van der Waals surface area contributed by atoms with Crippen molar-refractivity contribution in [1.82, 2.24) is 4.90 Å². The fourth-order valence-corrected chi connectivity index (χ4v) is 3.84. The van der Waals surface area contributed by atoms with Crippen LogP contribution in [0, 0.1) is 0 Å². The Bertz CT molecular complexity index is 944. The van der Waals surface area contributed by atoms with Gasteiger partial charge >= 0.3 is 0 Å². The molecule has 29 heavy (non-hydrogen) atoms. The molecule has 2 aromatic rings. The number of methoxy groups -OCH3 is 1. The van der Waals surface area contributed by atoms with Gasteiger partial charge in [0.05, 0.1) is 25.2 Å². The van der Waals surface area contributed by atoms with Crippen LogP contribution in [0.15, 0.2) is 47.4 Å². The van der Waals surface area contributed by atoms with Gasteiger partial charge in [-0.3, -0.25) is 14.5 Å². The van der Waals surface area contributed by atoms with Crippen LogP contribution in [0.1, 0.15) is 30.9 Å². The molecule has 1 heterocycles. The minimum absolute atomic E-state index is 0.148. The Morgan fingerprint density at radius 1 is 1.14 bits per heavy atom. The highest BCUT2D eigenvalue weighted by Gasteiger charge is 2.35. The molecule has 0 bridgehead atoms. The molecule has 1 aliphatic rings. The van der Waals surface area contributed by atoms with Gasteiger partial charge in [0.25, 0.3) is 11.1 Å². The summed E-state index contributed by atoms with van der Waals surface area (Å²) in [5, 5.41) is 0.214. The lowest BCUT2D eigenvalue weighted by Crippen LogP contribution is -2.27. The third-order valence-electron chi connectivity index (χ3n) is 4.40. The van der Waals surface area contributed by atoms with Crippen molar-refractivity contribution in [2.45, 2.75) is 26.3 Å². The maximum atomic E-state index is 12.7. The Labute approximate surface area is 179 Å². The molecule has 0 atom stereocenters. The lowest BCUT2D eigenvalue weighted by Gasteiger charge is -2.13. The second kappa shape index (κ2) is 9.85. The summed E-state index contributed by atoms with van der Waals surface area (Å²) in [6.45, 7) is 2.87. The number of imide groups is 1. The molecule has 1 saturated heterocycles. The van der Waals surface area contributed by atoms with Crippen molar-refractivity contribution in [2.24, 2.45) is 0 Å². The van der Waals surface area contributed by atoms with Gasteiger partial charge in [-0.05, 0) is 53.6 Å². The van der Waals surface area contributed by atoms with Crippen LogP contribution in [0.25, 0.3) is 6.08 Å². The first-order chi connectivity index (χ1) is 14.0. The number of carbonyl (C=O) groups is 2. The Hall–Kier alpha value is -2.44. The number of hydrogen-bond donors (Lipinski definition) is 0. The largest absolute Gasteiger partial charge is 0.493 e. The van der Waals surface area contributed by atoms with Crippen molar-refractivity contribution in [3.63, 3.8) is 0 Å². The summed E-state index contributed by atoms with van der Waals surface area (Å²) in [4.78, 5) is 26.7. The van der Waals surface area contributed by atoms with E-state index in [1.54, 1.807) is 31.4 Å². The van der Waals surface area contributed by atoms with Gasteiger partial charge < -0.3 is 9.47 Å². The topological polar surface area (TPSA) is 55.8 Å². The summed E-state index contributed by atoms with van der Waals surface area (Å²) in [6.07, 6.45) is 3.70. The van der Waals surface area contributed by atoms with E-state index in [4.69, 9.17) is 21.1 Å². The number of halogens is 1. The highest BCUT2D eigenvalue weighted by Crippen LogP contribution is 2.35. The summed E-state index contributed by atoms with van der Waals surface area (Å²) in [5.41, 5.74) is 1.49. The van der Waals surface area contributed by atoms with Crippen molar-refractivity contribution in [2.75, 3.05) is 13.7 Å². The summed E-state index contributed by atoms with van der Waals surface area (Å²) < 4.78 is 11.1. The normalized spacial score (nSPS) is 15.3. The number of amides is 2. The summed E-state index contributed by atoms with van der Waals surface area (Å²) >= 11 is 7.08. The summed E-state index contributed by atoms with van der Waals surface area (Å²) in [7, 11) is 1.57. The van der Waals surface area contributed by atoms with Crippen molar-refractivity contribution in [1.29, 1.82) is 0 Å². The van der Waals surface area contributed by atoms with Gasteiger partial charge in [0.2, 0.25) is 0 Å². The monoisotopic (exact) mass is 431 g/mol. The van der Waals surface area contributed by atoms with E-state index in [0.29, 0.717) is 28.0 Å². The zero-order valence-electron chi connectivity index (χ0n) is 16.3. The Morgan fingerprint density at radius 3 is 2.66 bits per heavy atom. The molecule has 0 unspecified atom stereocenters. The average Bonchev–Trinajstić information content (AvgIpc) is 2.98. The predicted octanol–water partition coefficient (Wildman–Crippen LogP) is 5.76. The molecule has 0 N–H and O–H groups in total. The number of thioether (sulfide) groups is 1. The van der Waals surface area contributed by atoms with Crippen LogP contribution in [-0.4, -0.2) is 29.8 Å². The molecule has 1 fully saturated rings. The van der Waals surface area contributed by atoms with Gasteiger partial charge in [0.1, 0.15) is 0 Å². The SMILES string of the molecule is CCCCOc1ccc(/C=C2\SC(=O)N(Cc3ccccc3Cl)C2=O)cc1OC. The van der Waals surface area contributed by atoms with E-state index in [9.17, 15) is 9.59 Å². The van der Waals surface area contributed by atoms with E-state index in [0.717, 1.165) is 35.7 Å². The van der Waals surface area contributed by atoms with Crippen LogP contribution in [-0.2, 0) is 11.3 Å². The van der Waals surface area contributed by atoms with Crippen molar-refractivity contribution >= 4 is 40.6 Å². The molecule has 152 valence electrons. The van der Waals surface area contributed by atoms with Crippen molar-refractivity contribution < 1.29 is 19.1 Å². The molecule has 0 radical (unpaired) electrons. The second-order valence-corrected chi connectivity index (χ2v) is 7.87. The first-order valence-corrected chi connectivity index (χ1v) is 10.5. The van der Waals surface area contributed by atoms with Gasteiger partial charge in [-0.2, -0.15) is 0 Å². The molecule has 0 aliphatic carbocycles. The van der Waals surface area contributed by atoms with Gasteiger partial charge in [0.15, 0.2) is 11.5 Å². The van der Waals surface area contributed by atoms with Crippen LogP contribution in [0.3, 0.4) is 0 Å². The third-order valence-corrected chi connectivity index (χ3v) is 5.68. The van der Waals surface area contributed by atoms with E-state index < -0.39 is 0 Å². The van der Waals surface area contributed by atoms with Crippen molar-refractivity contribution in [3.05, 3.63) is 63.5 Å². The van der Waals surface area contributed by atoms with Gasteiger partial charge in [-0.15, -0.1) is 0 Å². The molecule has 0 aromatic heterocycles. The standard InChI is InChI=1S/C22H22ClNO4S/c1-3-4-11-28-18-10-9-15(12-19(18)27-2)13-20-21(25)24(22(26)29-20)14-16-7-5-6-8-17(16)23/h5-10,12-13H,3-4,11,14H2,1-2H3/b20-13-. The highest BCUT2D eigenvalue weighted by molar-refractivity contribution is 8.18. The number of hydrogen-bond acceptors (Lipinski definition) is 5. The van der Waals surface area contributed by atoms with Crippen LogP contribution >= 0.6 is 23.4 Å². The van der Waals surface area contributed by atoms with Crippen LogP contribution in [0.4, 0.5) is 4.79 Å². The highest BCUT2D eigenvalue weighted by atomic mass is 35.5. The number of carbonyl (C=O) groups excluding carboxylic acids is 2. The fourth-order valence-electron chi connectivity index (χ4n) is 2.80. The fraction of sp³-hybridized carbons (Fsp3) is 0.273. The molecule has 7 heteroatoms. The number of benzene rings is 2. The van der Waals surface area contributed by atoms with E-state index in [2.05, 4.69) is 6.92 Å². The minimum Gasteiger partial charge on any atom is -0.493 e. The minimum atomic E-state index is -0.331. The first-order valence-electron chi connectivity index (χ1n) is 9.33. The molecule has 3 rings (SSSR count). The molecule has 0 saturated carbocycles. The summed E-state index contributed by atoms with van der Waals surface area (Å²) in [6, 6.07) is 12.6. The molecular formula is C22H22ClNO4S. The third kappa shape index (κ3) is 5.14. The Balaban J connectivity index is 1.77. The zero-order chi connectivity index (χ0) is 20.8. The lowest BCUT2D eigenvalue weighted by molar-refractivity contribution is -0.123. The van der Waals surface area contributed by atoms with E-state index in [1.807, 2.05) is 24.3 Å². The number of ether oxygens (including phenoxy) is 2. The number of unbranched alkanes of at least 4 members (excludes halogenated alkanes) is 1. The molecule has 2 amide bonds. The molecular weight excluding hydrogens is 410 g/mol. The Kier molecular flexibility index (Phi) is 7.23. The number of rotatable bonds is 8. The second-order valence-electron chi connectivity index (χ2n) is 6.47. The molecule has 1 aliphatic heterocycles. The first kappa shape index (κ1) is 21.3. The lowest BCUT2D eigenvalue weighted by atomic mass is 10.1. The maximum Gasteiger partial charge on any atom is 0.293 e. The molecule has 2 aromatic carbocycles. The van der Waals surface area contributed by atoms with E-state index in [1.165, 1.54) is 4.90 Å². The number of nitrogens with zero attached hydrogens (tertiary/aromatic N) is 1. The van der Waals surface area contributed by atoms with Crippen LogP contribution in [0.5, 0.6) is 11.5 Å². The smallest absolute Gasteiger partial charge is 0.293 e. The van der Waals surface area contributed by atoms with Crippen molar-refractivity contribution in [3.8, 4) is 11.5 Å². The molecule has 5 nitrogen and oxygen atoms in total. The molecule has 0 spiro atoms. The van der Waals surface area contributed by atoms with Gasteiger partial charge in [-0.25, -0.2) is 0 Å². The maximum absolute atomic E-state index is 12.7. The van der Waals surface area contributed by atoms with E-state index >= 15 is 0 Å². The van der Waals surface area contributed by atoms with E-state index in [-0.39, 0.29) is 17.7 Å². The van der Waals surface area contributed by atoms with Crippen LogP contribution in [0.2, 0.25) is 5.02 Å². The quantitative estimate of drug-likeness (QED) is 0.392.